The van der Waals surface area contributed by atoms with Gasteiger partial charge in [-0.05, 0) is 44.0 Å². The van der Waals surface area contributed by atoms with Crippen molar-refractivity contribution < 1.29 is 41.4 Å². The Morgan fingerprint density at radius 2 is 1.77 bits per heavy atom. The second-order valence-corrected chi connectivity index (χ2v) is 10.1. The van der Waals surface area contributed by atoms with Crippen LogP contribution in [0.5, 0.6) is 0 Å². The Morgan fingerprint density at radius 3 is 2.38 bits per heavy atom. The summed E-state index contributed by atoms with van der Waals surface area (Å²) in [5.41, 5.74) is -0.0686. The van der Waals surface area contributed by atoms with Gasteiger partial charge in [0.2, 0.25) is 0 Å². The number of esters is 2. The summed E-state index contributed by atoms with van der Waals surface area (Å²) in [6.45, 7) is 4.72. The first-order valence-electron chi connectivity index (χ1n) is 12.0. The molecular weight excluding hydrogens is 580 g/mol. The van der Waals surface area contributed by atoms with Gasteiger partial charge in [-0.15, -0.1) is 11.3 Å². The molecule has 0 unspecified atom stereocenters. The van der Waals surface area contributed by atoms with E-state index in [1.165, 1.54) is 19.1 Å². The molecule has 0 saturated carbocycles. The molecule has 0 aliphatic carbocycles. The van der Waals surface area contributed by atoms with Gasteiger partial charge in [0, 0.05) is 6.42 Å². The molecule has 1 amide bonds. The largest absolute Gasteiger partial charge is 0.462 e. The van der Waals surface area contributed by atoms with Crippen LogP contribution < -0.4 is 10.6 Å². The van der Waals surface area contributed by atoms with Crippen LogP contribution in [-0.2, 0) is 9.47 Å². The van der Waals surface area contributed by atoms with Crippen molar-refractivity contribution in [1.82, 2.24) is 9.78 Å². The maximum absolute atomic E-state index is 14.1. The molecule has 2 N–H and O–H groups in total. The highest BCUT2D eigenvalue weighted by Crippen LogP contribution is 2.46. The van der Waals surface area contributed by atoms with E-state index in [4.69, 9.17) is 21.1 Å². The summed E-state index contributed by atoms with van der Waals surface area (Å²) >= 11 is 7.13. The number of ether oxygens (including phenoxy) is 2. The molecule has 3 heterocycles. The van der Waals surface area contributed by atoms with Crippen molar-refractivity contribution >= 4 is 51.6 Å². The van der Waals surface area contributed by atoms with Gasteiger partial charge in [-0.2, -0.15) is 18.3 Å². The van der Waals surface area contributed by atoms with Crippen molar-refractivity contribution in [1.29, 1.82) is 0 Å². The number of aromatic nitrogens is 2. The van der Waals surface area contributed by atoms with Crippen LogP contribution in [0.1, 0.15) is 74.0 Å². The number of amides is 1. The van der Waals surface area contributed by atoms with Gasteiger partial charge in [-0.25, -0.2) is 18.7 Å². The van der Waals surface area contributed by atoms with E-state index >= 15 is 0 Å². The van der Waals surface area contributed by atoms with Crippen molar-refractivity contribution in [3.8, 4) is 0 Å². The predicted octanol–water partition coefficient (Wildman–Crippen LogP) is 6.31. The number of anilines is 2. The van der Waals surface area contributed by atoms with E-state index in [0.29, 0.717) is 10.2 Å². The van der Waals surface area contributed by atoms with Crippen LogP contribution in [-0.4, -0.2) is 47.0 Å². The molecule has 214 valence electrons. The zero-order valence-electron chi connectivity index (χ0n) is 21.3. The van der Waals surface area contributed by atoms with Gasteiger partial charge in [-0.1, -0.05) is 23.7 Å². The third-order valence-electron chi connectivity index (χ3n) is 6.10. The first kappa shape index (κ1) is 29.3. The van der Waals surface area contributed by atoms with Gasteiger partial charge < -0.3 is 20.1 Å². The van der Waals surface area contributed by atoms with Crippen LogP contribution in [0.25, 0.3) is 0 Å². The van der Waals surface area contributed by atoms with Gasteiger partial charge in [-0.3, -0.25) is 4.79 Å². The topological polar surface area (TPSA) is 112 Å². The van der Waals surface area contributed by atoms with Crippen LogP contribution in [0.4, 0.5) is 28.4 Å². The van der Waals surface area contributed by atoms with E-state index in [0.717, 1.165) is 23.5 Å². The summed E-state index contributed by atoms with van der Waals surface area (Å²) in [7, 11) is 0. The van der Waals surface area contributed by atoms with Crippen molar-refractivity contribution in [2.45, 2.75) is 45.5 Å². The molecule has 0 saturated heterocycles. The van der Waals surface area contributed by atoms with Gasteiger partial charge >= 0.3 is 18.1 Å². The Hall–Kier alpha value is -3.65. The van der Waals surface area contributed by atoms with Crippen molar-refractivity contribution in [3.05, 3.63) is 62.4 Å². The minimum atomic E-state index is -4.76. The second-order valence-electron chi connectivity index (χ2n) is 8.65. The number of carbonyl (C=O) groups is 3. The van der Waals surface area contributed by atoms with E-state index in [1.807, 2.05) is 0 Å². The Balaban J connectivity index is 1.72. The average molecular weight is 603 g/mol. The summed E-state index contributed by atoms with van der Waals surface area (Å²) in [5.74, 6) is -3.37. The molecule has 1 aromatic carbocycles. The van der Waals surface area contributed by atoms with E-state index in [-0.39, 0.29) is 40.0 Å². The van der Waals surface area contributed by atoms with Crippen LogP contribution in [0.3, 0.4) is 0 Å². The van der Waals surface area contributed by atoms with E-state index in [2.05, 4.69) is 15.7 Å². The highest BCUT2D eigenvalue weighted by molar-refractivity contribution is 7.18. The molecule has 9 nitrogen and oxygen atoms in total. The normalized spacial score (nSPS) is 16.6. The lowest BCUT2D eigenvalue weighted by Crippen LogP contribution is -2.35. The minimum absolute atomic E-state index is 0.00949. The third kappa shape index (κ3) is 5.63. The standard InChI is InChI=1S/C25H23ClF4N4O5S/c1-4-38-23(36)16-11(3)19(24(37)39-5-2)40-22(16)32-21(35)18-17(26)20-31-14(12-6-8-13(27)9-7-12)10-15(25(28,29)30)34(20)33-18/h6-9,14-15,31H,4-5,10H2,1-3H3,(H,32,35)/t14-,15-/m0/s1. The fraction of sp³-hybridized carbons (Fsp3) is 0.360. The molecule has 1 aliphatic heterocycles. The zero-order chi connectivity index (χ0) is 29.4. The molecule has 40 heavy (non-hydrogen) atoms. The predicted molar refractivity (Wildman–Crippen MR) is 139 cm³/mol. The quantitative estimate of drug-likeness (QED) is 0.241. The Kier molecular flexibility index (Phi) is 8.40. The first-order chi connectivity index (χ1) is 18.9. The fourth-order valence-electron chi connectivity index (χ4n) is 4.25. The molecule has 0 spiro atoms. The maximum Gasteiger partial charge on any atom is 0.410 e. The number of thiophene rings is 1. The van der Waals surface area contributed by atoms with E-state index in [9.17, 15) is 31.9 Å². The van der Waals surface area contributed by atoms with E-state index < -0.39 is 59.1 Å². The molecule has 0 fully saturated rings. The molecule has 1 aliphatic rings. The average Bonchev–Trinajstić information content (AvgIpc) is 3.40. The number of nitrogens with one attached hydrogen (secondary N) is 2. The molecule has 2 atom stereocenters. The number of hydrogen-bond donors (Lipinski definition) is 2. The van der Waals surface area contributed by atoms with Gasteiger partial charge in [0.15, 0.2) is 11.7 Å². The lowest BCUT2D eigenvalue weighted by Gasteiger charge is -2.33. The Labute approximate surface area is 234 Å². The summed E-state index contributed by atoms with van der Waals surface area (Å²) < 4.78 is 66.3. The first-order valence-corrected chi connectivity index (χ1v) is 13.2. The summed E-state index contributed by atoms with van der Waals surface area (Å²) in [6.07, 6.45) is -5.25. The highest BCUT2D eigenvalue weighted by Gasteiger charge is 2.48. The maximum atomic E-state index is 14.1. The smallest absolute Gasteiger partial charge is 0.410 e. The molecule has 3 aromatic rings. The molecular formula is C25H23ClF4N4O5S. The number of carbonyl (C=O) groups excluding carboxylic acids is 3. The van der Waals surface area contributed by atoms with Crippen LogP contribution in [0.2, 0.25) is 5.02 Å². The van der Waals surface area contributed by atoms with E-state index in [1.54, 1.807) is 13.8 Å². The van der Waals surface area contributed by atoms with Crippen LogP contribution >= 0.6 is 22.9 Å². The lowest BCUT2D eigenvalue weighted by atomic mass is 9.97. The van der Waals surface area contributed by atoms with Crippen molar-refractivity contribution in [2.75, 3.05) is 23.8 Å². The number of hydrogen-bond acceptors (Lipinski definition) is 8. The number of halogens is 5. The molecule has 15 heteroatoms. The van der Waals surface area contributed by atoms with Gasteiger partial charge in [0.1, 0.15) is 26.5 Å². The molecule has 4 rings (SSSR count). The fourth-order valence-corrected chi connectivity index (χ4v) is 5.60. The van der Waals surface area contributed by atoms with Gasteiger partial charge in [0.05, 0.1) is 24.8 Å². The SMILES string of the molecule is CCOC(=O)c1sc(NC(=O)c2nn3c(c2Cl)N[C@H](c2ccc(F)cc2)C[C@H]3C(F)(F)F)c(C(=O)OCC)c1C. The molecule has 0 radical (unpaired) electrons. The number of rotatable bonds is 7. The zero-order valence-corrected chi connectivity index (χ0v) is 22.9. The third-order valence-corrected chi connectivity index (χ3v) is 7.64. The monoisotopic (exact) mass is 602 g/mol. The highest BCUT2D eigenvalue weighted by atomic mass is 35.5. The van der Waals surface area contributed by atoms with Crippen LogP contribution in [0, 0.1) is 12.7 Å². The Bertz CT molecular complexity index is 1450. The van der Waals surface area contributed by atoms with Crippen molar-refractivity contribution in [2.24, 2.45) is 0 Å². The van der Waals surface area contributed by atoms with Crippen LogP contribution in [0.15, 0.2) is 24.3 Å². The second kappa shape index (κ2) is 11.5. The number of nitrogens with zero attached hydrogens (tertiary/aromatic N) is 2. The number of alkyl halides is 3. The summed E-state index contributed by atoms with van der Waals surface area (Å²) in [6, 6.07) is 1.90. The number of fused-ring (bicyclic) bond motifs is 1. The summed E-state index contributed by atoms with van der Waals surface area (Å²) in [5, 5.41) is 8.69. The minimum Gasteiger partial charge on any atom is -0.462 e. The molecule has 0 bridgehead atoms. The summed E-state index contributed by atoms with van der Waals surface area (Å²) in [4.78, 5) is 38.3. The molecule has 2 aromatic heterocycles. The Morgan fingerprint density at radius 1 is 1.15 bits per heavy atom. The number of benzene rings is 1. The van der Waals surface area contributed by atoms with Crippen molar-refractivity contribution in [3.63, 3.8) is 0 Å². The lowest BCUT2D eigenvalue weighted by molar-refractivity contribution is -0.173. The van der Waals surface area contributed by atoms with Gasteiger partial charge in [0.25, 0.3) is 5.91 Å².